The van der Waals surface area contributed by atoms with Crippen molar-refractivity contribution in [2.24, 2.45) is 0 Å². The summed E-state index contributed by atoms with van der Waals surface area (Å²) in [6.45, 7) is 1.39. The quantitative estimate of drug-likeness (QED) is 0.577. The molecule has 0 atom stereocenters. The molecule has 1 aromatic carbocycles. The van der Waals surface area contributed by atoms with Crippen LogP contribution in [0.25, 0.3) is 5.82 Å². The Morgan fingerprint density at radius 1 is 1.19 bits per heavy atom. The summed E-state index contributed by atoms with van der Waals surface area (Å²) in [5, 5.41) is 10.3. The molecule has 27 heavy (non-hydrogen) atoms. The number of carbonyl (C=O) groups excluding carboxylic acids is 1. The molecule has 9 heteroatoms. The topological polar surface area (TPSA) is 114 Å². The highest BCUT2D eigenvalue weighted by atomic mass is 16.1. The van der Waals surface area contributed by atoms with Gasteiger partial charge in [-0.2, -0.15) is 9.67 Å². The summed E-state index contributed by atoms with van der Waals surface area (Å²) in [7, 11) is 3.92. The Morgan fingerprint density at radius 3 is 2.63 bits per heavy atom. The van der Waals surface area contributed by atoms with E-state index >= 15 is 0 Å². The number of anilines is 3. The zero-order valence-electron chi connectivity index (χ0n) is 15.3. The van der Waals surface area contributed by atoms with Crippen LogP contribution in [0.15, 0.2) is 48.7 Å². The van der Waals surface area contributed by atoms with Gasteiger partial charge >= 0.3 is 0 Å². The first-order chi connectivity index (χ1) is 13.0. The molecule has 2 aromatic heterocycles. The number of aromatic nitrogens is 4. The van der Waals surface area contributed by atoms with Crippen LogP contribution in [0.1, 0.15) is 10.4 Å². The highest BCUT2D eigenvalue weighted by Gasteiger charge is 2.10. The van der Waals surface area contributed by atoms with Gasteiger partial charge in [-0.25, -0.2) is 4.98 Å². The van der Waals surface area contributed by atoms with Gasteiger partial charge in [0.05, 0.1) is 0 Å². The molecule has 4 N–H and O–H groups in total. The highest BCUT2D eigenvalue weighted by molar-refractivity contribution is 5.94. The lowest BCUT2D eigenvalue weighted by molar-refractivity contribution is 0.0951. The van der Waals surface area contributed by atoms with E-state index in [1.165, 1.54) is 4.68 Å². The molecule has 0 radical (unpaired) electrons. The number of nitrogen functional groups attached to an aromatic ring is 1. The molecule has 0 fully saturated rings. The van der Waals surface area contributed by atoms with E-state index in [0.717, 1.165) is 12.2 Å². The molecule has 0 bridgehead atoms. The third-order valence-corrected chi connectivity index (χ3v) is 3.75. The first-order valence-corrected chi connectivity index (χ1v) is 8.47. The predicted octanol–water partition coefficient (Wildman–Crippen LogP) is 1.28. The van der Waals surface area contributed by atoms with Crippen LogP contribution in [-0.2, 0) is 0 Å². The number of benzene rings is 1. The molecular weight excluding hydrogens is 344 g/mol. The van der Waals surface area contributed by atoms with Gasteiger partial charge in [0, 0.05) is 30.5 Å². The van der Waals surface area contributed by atoms with Gasteiger partial charge in [-0.15, -0.1) is 5.10 Å². The number of hydrogen-bond donors (Lipinski definition) is 3. The Labute approximate surface area is 157 Å². The molecule has 0 aliphatic carbocycles. The molecule has 3 rings (SSSR count). The molecule has 0 spiro atoms. The summed E-state index contributed by atoms with van der Waals surface area (Å²) in [6.07, 6.45) is 1.66. The molecule has 0 saturated carbocycles. The number of nitrogens with zero attached hydrogens (tertiary/aromatic N) is 5. The monoisotopic (exact) mass is 366 g/mol. The van der Waals surface area contributed by atoms with Crippen LogP contribution in [-0.4, -0.2) is 57.7 Å². The van der Waals surface area contributed by atoms with E-state index < -0.39 is 0 Å². The van der Waals surface area contributed by atoms with E-state index in [2.05, 4.69) is 25.7 Å². The number of carbonyl (C=O) groups is 1. The van der Waals surface area contributed by atoms with E-state index in [4.69, 9.17) is 5.73 Å². The smallest absolute Gasteiger partial charge is 0.251 e. The van der Waals surface area contributed by atoms with Crippen molar-refractivity contribution in [3.63, 3.8) is 0 Å². The molecule has 0 aliphatic rings. The van der Waals surface area contributed by atoms with Crippen LogP contribution in [0, 0.1) is 0 Å². The van der Waals surface area contributed by atoms with Crippen molar-refractivity contribution in [3.8, 4) is 5.82 Å². The number of rotatable bonds is 7. The fourth-order valence-electron chi connectivity index (χ4n) is 2.35. The van der Waals surface area contributed by atoms with E-state index in [9.17, 15) is 4.79 Å². The maximum absolute atomic E-state index is 12.1. The largest absolute Gasteiger partial charge is 0.368 e. The van der Waals surface area contributed by atoms with Crippen molar-refractivity contribution in [3.05, 3.63) is 54.2 Å². The van der Waals surface area contributed by atoms with Crippen molar-refractivity contribution in [1.82, 2.24) is 30.0 Å². The highest BCUT2D eigenvalue weighted by Crippen LogP contribution is 2.17. The molecule has 0 saturated heterocycles. The summed E-state index contributed by atoms with van der Waals surface area (Å²) < 4.78 is 1.45. The first-order valence-electron chi connectivity index (χ1n) is 8.47. The van der Waals surface area contributed by atoms with Crippen molar-refractivity contribution in [2.45, 2.75) is 0 Å². The van der Waals surface area contributed by atoms with Gasteiger partial charge in [-0.05, 0) is 50.5 Å². The SMILES string of the molecule is CN(C)CCNC(=O)c1ccc(Nc2nc(N)n(-c3ccccn3)n2)cc1. The number of likely N-dealkylation sites (N-methyl/N-ethyl adjacent to an activating group) is 1. The maximum Gasteiger partial charge on any atom is 0.251 e. The minimum Gasteiger partial charge on any atom is -0.368 e. The fraction of sp³-hybridized carbons (Fsp3) is 0.222. The third-order valence-electron chi connectivity index (χ3n) is 3.75. The zero-order chi connectivity index (χ0) is 19.2. The lowest BCUT2D eigenvalue weighted by Crippen LogP contribution is -2.31. The number of nitrogens with one attached hydrogen (secondary N) is 2. The number of hydrogen-bond acceptors (Lipinski definition) is 7. The number of nitrogens with two attached hydrogens (primary N) is 1. The summed E-state index contributed by atoms with van der Waals surface area (Å²) in [5.41, 5.74) is 7.25. The summed E-state index contributed by atoms with van der Waals surface area (Å²) >= 11 is 0. The van der Waals surface area contributed by atoms with Crippen molar-refractivity contribution >= 4 is 23.5 Å². The van der Waals surface area contributed by atoms with Gasteiger partial charge in [0.2, 0.25) is 11.9 Å². The van der Waals surface area contributed by atoms with Gasteiger partial charge in [0.1, 0.15) is 0 Å². The standard InChI is InChI=1S/C18H22N8O/c1-25(2)12-11-21-16(27)13-6-8-14(9-7-13)22-18-23-17(19)26(24-18)15-5-3-4-10-20-15/h3-10H,11-12H2,1-2H3,(H,21,27)(H3,19,22,23,24). The normalized spacial score (nSPS) is 10.8. The van der Waals surface area contributed by atoms with Crippen molar-refractivity contribution < 1.29 is 4.79 Å². The molecule has 3 aromatic rings. The van der Waals surface area contributed by atoms with Crippen LogP contribution in [0.4, 0.5) is 17.6 Å². The Bertz CT molecular complexity index is 889. The minimum absolute atomic E-state index is 0.106. The Hall–Kier alpha value is -3.46. The molecule has 2 heterocycles. The van der Waals surface area contributed by atoms with Crippen LogP contribution in [0.5, 0.6) is 0 Å². The van der Waals surface area contributed by atoms with E-state index in [-0.39, 0.29) is 11.9 Å². The Balaban J connectivity index is 1.64. The summed E-state index contributed by atoms with van der Waals surface area (Å²) in [6, 6.07) is 12.5. The van der Waals surface area contributed by atoms with Crippen LogP contribution in [0.2, 0.25) is 0 Å². The minimum atomic E-state index is -0.106. The first kappa shape index (κ1) is 18.3. The molecule has 0 aliphatic heterocycles. The number of pyridine rings is 1. The Morgan fingerprint density at radius 2 is 1.96 bits per heavy atom. The van der Waals surface area contributed by atoms with Crippen molar-refractivity contribution in [2.75, 3.05) is 38.2 Å². The number of amides is 1. The predicted molar refractivity (Wildman–Crippen MR) is 104 cm³/mol. The third kappa shape index (κ3) is 4.79. The average molecular weight is 366 g/mol. The van der Waals surface area contributed by atoms with Gasteiger partial charge in [0.15, 0.2) is 5.82 Å². The lowest BCUT2D eigenvalue weighted by atomic mass is 10.2. The second-order valence-corrected chi connectivity index (χ2v) is 6.15. The molecule has 1 amide bonds. The van der Waals surface area contributed by atoms with Crippen LogP contribution >= 0.6 is 0 Å². The Kier molecular flexibility index (Phi) is 5.62. The van der Waals surface area contributed by atoms with Gasteiger partial charge < -0.3 is 21.3 Å². The van der Waals surface area contributed by atoms with Crippen molar-refractivity contribution in [1.29, 1.82) is 0 Å². The second-order valence-electron chi connectivity index (χ2n) is 6.15. The average Bonchev–Trinajstić information content (AvgIpc) is 3.03. The van der Waals surface area contributed by atoms with Crippen LogP contribution in [0.3, 0.4) is 0 Å². The fourth-order valence-corrected chi connectivity index (χ4v) is 2.35. The summed E-state index contributed by atoms with van der Waals surface area (Å²) in [5.74, 6) is 1.06. The van der Waals surface area contributed by atoms with E-state index in [0.29, 0.717) is 23.9 Å². The lowest BCUT2D eigenvalue weighted by Gasteiger charge is -2.10. The molecular formula is C18H22N8O. The second kappa shape index (κ2) is 8.28. The molecule has 140 valence electrons. The van der Waals surface area contributed by atoms with Gasteiger partial charge in [-0.3, -0.25) is 4.79 Å². The molecule has 9 nitrogen and oxygen atoms in total. The van der Waals surface area contributed by atoms with Gasteiger partial charge in [0.25, 0.3) is 5.91 Å². The summed E-state index contributed by atoms with van der Waals surface area (Å²) in [4.78, 5) is 22.5. The van der Waals surface area contributed by atoms with E-state index in [1.54, 1.807) is 36.5 Å². The van der Waals surface area contributed by atoms with Gasteiger partial charge in [-0.1, -0.05) is 6.07 Å². The maximum atomic E-state index is 12.1. The van der Waals surface area contributed by atoms with Crippen LogP contribution < -0.4 is 16.4 Å². The zero-order valence-corrected chi connectivity index (χ0v) is 15.3. The molecule has 0 unspecified atom stereocenters. The van der Waals surface area contributed by atoms with E-state index in [1.807, 2.05) is 31.1 Å².